The van der Waals surface area contributed by atoms with Gasteiger partial charge in [-0.05, 0) is 13.8 Å². The Morgan fingerprint density at radius 3 is 1.83 bits per heavy atom. The Kier molecular flexibility index (Phi) is 2.08. The van der Waals surface area contributed by atoms with Crippen LogP contribution in [0.2, 0.25) is 0 Å². The lowest BCUT2D eigenvalue weighted by Crippen LogP contribution is -2.22. The monoisotopic (exact) mass is 151 g/mol. The molecular formula is C4H10BrN. The van der Waals surface area contributed by atoms with E-state index in [9.17, 15) is 0 Å². The molecule has 0 aliphatic rings. The van der Waals surface area contributed by atoms with E-state index in [0.29, 0.717) is 6.54 Å². The van der Waals surface area contributed by atoms with Crippen LogP contribution in [-0.2, 0) is 0 Å². The standard InChI is InChI=1S/C4H10BrN/c1-4(2,5)3-6/h3,6H2,1-2H3. The summed E-state index contributed by atoms with van der Waals surface area (Å²) in [5.41, 5.74) is 5.26. The number of halogens is 1. The highest BCUT2D eigenvalue weighted by Crippen LogP contribution is 2.11. The highest BCUT2D eigenvalue weighted by Gasteiger charge is 2.06. The minimum Gasteiger partial charge on any atom is -0.329 e. The van der Waals surface area contributed by atoms with Crippen molar-refractivity contribution in [3.05, 3.63) is 0 Å². The molecular weight excluding hydrogens is 142 g/mol. The van der Waals surface area contributed by atoms with Crippen LogP contribution in [0.5, 0.6) is 0 Å². The zero-order chi connectivity index (χ0) is 5.21. The Hall–Kier alpha value is 0.440. The van der Waals surface area contributed by atoms with Gasteiger partial charge in [0, 0.05) is 10.9 Å². The molecule has 38 valence electrons. The van der Waals surface area contributed by atoms with Crippen molar-refractivity contribution >= 4 is 15.9 Å². The van der Waals surface area contributed by atoms with Crippen LogP contribution in [0.1, 0.15) is 13.8 Å². The maximum absolute atomic E-state index is 5.26. The van der Waals surface area contributed by atoms with Gasteiger partial charge in [0.1, 0.15) is 0 Å². The second-order valence-corrected chi connectivity index (χ2v) is 4.07. The molecule has 0 spiro atoms. The Morgan fingerprint density at radius 1 is 1.67 bits per heavy atom. The third-order valence-corrected chi connectivity index (χ3v) is 0.809. The fraction of sp³-hybridized carbons (Fsp3) is 1.00. The van der Waals surface area contributed by atoms with Gasteiger partial charge in [0.05, 0.1) is 0 Å². The van der Waals surface area contributed by atoms with Crippen molar-refractivity contribution in [2.45, 2.75) is 18.2 Å². The van der Waals surface area contributed by atoms with E-state index in [4.69, 9.17) is 5.73 Å². The summed E-state index contributed by atoms with van der Waals surface area (Å²) in [4.78, 5) is 0. The topological polar surface area (TPSA) is 26.0 Å². The summed E-state index contributed by atoms with van der Waals surface area (Å²) in [5, 5.41) is 0. The van der Waals surface area contributed by atoms with Crippen molar-refractivity contribution in [1.29, 1.82) is 0 Å². The first-order chi connectivity index (χ1) is 2.56. The number of hydrogen-bond acceptors (Lipinski definition) is 1. The van der Waals surface area contributed by atoms with Crippen molar-refractivity contribution in [3.63, 3.8) is 0 Å². The Bertz CT molecular complexity index is 37.3. The first kappa shape index (κ1) is 6.44. The molecule has 2 N–H and O–H groups in total. The molecule has 0 saturated carbocycles. The van der Waals surface area contributed by atoms with Crippen LogP contribution in [0.25, 0.3) is 0 Å². The largest absolute Gasteiger partial charge is 0.329 e. The lowest BCUT2D eigenvalue weighted by molar-refractivity contribution is 0.740. The Labute approximate surface area is 47.0 Å². The van der Waals surface area contributed by atoms with Gasteiger partial charge in [-0.3, -0.25) is 0 Å². The molecule has 0 aromatic heterocycles. The summed E-state index contributed by atoms with van der Waals surface area (Å²) in [6, 6.07) is 0. The summed E-state index contributed by atoms with van der Waals surface area (Å²) < 4.78 is 0.132. The molecule has 2 heteroatoms. The van der Waals surface area contributed by atoms with E-state index < -0.39 is 0 Å². The third-order valence-electron chi connectivity index (χ3n) is 0.485. The molecule has 0 unspecified atom stereocenters. The summed E-state index contributed by atoms with van der Waals surface area (Å²) in [7, 11) is 0. The number of alkyl halides is 1. The van der Waals surface area contributed by atoms with Gasteiger partial charge >= 0.3 is 0 Å². The fourth-order valence-corrected chi connectivity index (χ4v) is 0. The number of nitrogens with two attached hydrogens (primary N) is 1. The molecule has 0 atom stereocenters. The van der Waals surface area contributed by atoms with Crippen molar-refractivity contribution in [2.24, 2.45) is 5.73 Å². The van der Waals surface area contributed by atoms with Gasteiger partial charge in [-0.25, -0.2) is 0 Å². The molecule has 0 amide bonds. The smallest absolute Gasteiger partial charge is 0.0323 e. The zero-order valence-corrected chi connectivity index (χ0v) is 5.75. The van der Waals surface area contributed by atoms with Gasteiger partial charge in [-0.15, -0.1) is 0 Å². The highest BCUT2D eigenvalue weighted by molar-refractivity contribution is 9.10. The molecule has 0 aliphatic heterocycles. The van der Waals surface area contributed by atoms with Gasteiger partial charge in [-0.2, -0.15) is 0 Å². The summed E-state index contributed by atoms with van der Waals surface area (Å²) >= 11 is 3.35. The molecule has 0 heterocycles. The molecule has 0 rings (SSSR count). The lowest BCUT2D eigenvalue weighted by atomic mass is 10.2. The van der Waals surface area contributed by atoms with Crippen LogP contribution in [-0.4, -0.2) is 10.9 Å². The molecule has 0 fully saturated rings. The molecule has 0 aliphatic carbocycles. The number of hydrogen-bond donors (Lipinski definition) is 1. The molecule has 0 radical (unpaired) electrons. The maximum atomic E-state index is 5.26. The first-order valence-corrected chi connectivity index (χ1v) is 2.74. The number of rotatable bonds is 1. The van der Waals surface area contributed by atoms with Gasteiger partial charge in [0.2, 0.25) is 0 Å². The average Bonchev–Trinajstić information content (AvgIpc) is 1.35. The second kappa shape index (κ2) is 1.94. The van der Waals surface area contributed by atoms with E-state index in [1.807, 2.05) is 13.8 Å². The molecule has 0 bridgehead atoms. The van der Waals surface area contributed by atoms with E-state index in [2.05, 4.69) is 15.9 Å². The summed E-state index contributed by atoms with van der Waals surface area (Å²) in [6.45, 7) is 4.76. The minimum absolute atomic E-state index is 0.132. The quantitative estimate of drug-likeness (QED) is 0.559. The average molecular weight is 152 g/mol. The van der Waals surface area contributed by atoms with Crippen LogP contribution in [0.15, 0.2) is 0 Å². The van der Waals surface area contributed by atoms with Crippen LogP contribution in [0.3, 0.4) is 0 Å². The minimum atomic E-state index is 0.132. The van der Waals surface area contributed by atoms with Gasteiger partial charge in [-0.1, -0.05) is 15.9 Å². The van der Waals surface area contributed by atoms with Crippen molar-refractivity contribution in [1.82, 2.24) is 0 Å². The molecule has 6 heavy (non-hydrogen) atoms. The second-order valence-electron chi connectivity index (χ2n) is 1.92. The van der Waals surface area contributed by atoms with E-state index in [-0.39, 0.29) is 4.32 Å². The van der Waals surface area contributed by atoms with Crippen LogP contribution in [0, 0.1) is 0 Å². The normalized spacial score (nSPS) is 12.0. The highest BCUT2D eigenvalue weighted by atomic mass is 79.9. The molecule has 1 nitrogen and oxygen atoms in total. The van der Waals surface area contributed by atoms with Gasteiger partial charge in [0.15, 0.2) is 0 Å². The predicted molar refractivity (Wildman–Crippen MR) is 32.1 cm³/mol. The molecule has 0 aromatic carbocycles. The zero-order valence-electron chi connectivity index (χ0n) is 4.16. The first-order valence-electron chi connectivity index (χ1n) is 1.95. The van der Waals surface area contributed by atoms with Crippen molar-refractivity contribution < 1.29 is 0 Å². The lowest BCUT2D eigenvalue weighted by Gasteiger charge is -2.09. The van der Waals surface area contributed by atoms with Crippen LogP contribution in [0.4, 0.5) is 0 Å². The van der Waals surface area contributed by atoms with E-state index in [0.717, 1.165) is 0 Å². The molecule has 0 saturated heterocycles. The van der Waals surface area contributed by atoms with Crippen molar-refractivity contribution in [3.8, 4) is 0 Å². The van der Waals surface area contributed by atoms with E-state index in [1.165, 1.54) is 0 Å². The van der Waals surface area contributed by atoms with Gasteiger partial charge < -0.3 is 5.73 Å². The van der Waals surface area contributed by atoms with Gasteiger partial charge in [0.25, 0.3) is 0 Å². The maximum Gasteiger partial charge on any atom is 0.0323 e. The Balaban J connectivity index is 3.17. The van der Waals surface area contributed by atoms with E-state index >= 15 is 0 Å². The van der Waals surface area contributed by atoms with E-state index in [1.54, 1.807) is 0 Å². The van der Waals surface area contributed by atoms with Crippen LogP contribution >= 0.6 is 15.9 Å². The predicted octanol–water partition coefficient (Wildman–Crippen LogP) is 1.12. The SMILES string of the molecule is CC(C)(Br)CN. The summed E-state index contributed by atoms with van der Waals surface area (Å²) in [5.74, 6) is 0. The Morgan fingerprint density at radius 2 is 1.83 bits per heavy atom. The summed E-state index contributed by atoms with van der Waals surface area (Å²) in [6.07, 6.45) is 0. The third kappa shape index (κ3) is 4.44. The molecule has 0 aromatic rings. The van der Waals surface area contributed by atoms with Crippen molar-refractivity contribution in [2.75, 3.05) is 6.54 Å². The van der Waals surface area contributed by atoms with Crippen LogP contribution < -0.4 is 5.73 Å². The fourth-order valence-electron chi connectivity index (χ4n) is 0.